The maximum Gasteiger partial charge on any atom is 0.221 e. The molecule has 1 saturated heterocycles. The van der Waals surface area contributed by atoms with Crippen LogP contribution < -0.4 is 14.8 Å². The molecule has 4 rings (SSSR count). The highest BCUT2D eigenvalue weighted by Crippen LogP contribution is 2.31. The Bertz CT molecular complexity index is 1090. The van der Waals surface area contributed by atoms with E-state index >= 15 is 0 Å². The number of nitrogens with one attached hydrogen (secondary N) is 1. The fourth-order valence-corrected chi connectivity index (χ4v) is 4.05. The van der Waals surface area contributed by atoms with E-state index in [-0.39, 0.29) is 24.4 Å². The predicted octanol–water partition coefficient (Wildman–Crippen LogP) is 4.34. The largest absolute Gasteiger partial charge is 0.489 e. The summed E-state index contributed by atoms with van der Waals surface area (Å²) in [5, 5.41) is 13.4. The molecule has 1 aliphatic heterocycles. The lowest BCUT2D eigenvalue weighted by molar-refractivity contribution is -0.114. The Morgan fingerprint density at radius 2 is 1.88 bits per heavy atom. The van der Waals surface area contributed by atoms with Crippen LogP contribution in [0.5, 0.6) is 11.5 Å². The topological polar surface area (TPSA) is 71.0 Å². The molecule has 2 atom stereocenters. The number of carbonyl (C=O) groups is 1. The van der Waals surface area contributed by atoms with Gasteiger partial charge in [-0.25, -0.2) is 4.39 Å². The molecule has 0 aliphatic carbocycles. The summed E-state index contributed by atoms with van der Waals surface area (Å²) in [7, 11) is 0. The van der Waals surface area contributed by atoms with Crippen LogP contribution in [0.2, 0.25) is 0 Å². The Morgan fingerprint density at radius 1 is 1.12 bits per heavy atom. The van der Waals surface area contributed by atoms with E-state index in [2.05, 4.69) is 10.2 Å². The molecule has 0 bridgehead atoms. The van der Waals surface area contributed by atoms with E-state index in [1.54, 1.807) is 12.1 Å². The first-order chi connectivity index (χ1) is 16.5. The lowest BCUT2D eigenvalue weighted by atomic mass is 10.0. The van der Waals surface area contributed by atoms with Crippen LogP contribution in [-0.4, -0.2) is 54.4 Å². The van der Waals surface area contributed by atoms with Crippen LogP contribution in [0.4, 0.5) is 10.1 Å². The minimum atomic E-state index is -0.705. The van der Waals surface area contributed by atoms with E-state index in [1.807, 2.05) is 48.5 Å². The maximum atomic E-state index is 13.1. The first kappa shape index (κ1) is 23.7. The van der Waals surface area contributed by atoms with Crippen LogP contribution >= 0.6 is 0 Å². The second-order valence-electron chi connectivity index (χ2n) is 8.47. The van der Waals surface area contributed by atoms with Crippen molar-refractivity contribution in [3.63, 3.8) is 0 Å². The van der Waals surface area contributed by atoms with Gasteiger partial charge in [0.2, 0.25) is 5.91 Å². The number of halogens is 1. The second-order valence-corrected chi connectivity index (χ2v) is 8.47. The molecule has 34 heavy (non-hydrogen) atoms. The molecule has 0 aromatic heterocycles. The Morgan fingerprint density at radius 3 is 2.62 bits per heavy atom. The molecule has 6 nitrogen and oxygen atoms in total. The van der Waals surface area contributed by atoms with E-state index in [4.69, 9.17) is 9.47 Å². The average molecular weight is 465 g/mol. The molecule has 1 aliphatic rings. The van der Waals surface area contributed by atoms with E-state index < -0.39 is 6.10 Å². The van der Waals surface area contributed by atoms with Gasteiger partial charge in [-0.1, -0.05) is 36.4 Å². The fraction of sp³-hybridized carbons (Fsp3) is 0.296. The zero-order chi connectivity index (χ0) is 23.9. The number of likely N-dealkylation sites (tertiary alicyclic amines) is 1. The number of amides is 1. The molecule has 1 amide bonds. The number of aliphatic hydroxyl groups excluding tert-OH is 1. The zero-order valence-electron chi connectivity index (χ0n) is 19.1. The molecule has 0 spiro atoms. The lowest BCUT2D eigenvalue weighted by Gasteiger charge is -2.21. The Labute approximate surface area is 198 Å². The number of β-amino-alcohol motifs (C(OH)–C–C–N with tert-alkyl or cyclic N) is 1. The van der Waals surface area contributed by atoms with Gasteiger partial charge < -0.3 is 19.9 Å². The van der Waals surface area contributed by atoms with Crippen LogP contribution in [-0.2, 0) is 4.79 Å². The fourth-order valence-electron chi connectivity index (χ4n) is 4.05. The van der Waals surface area contributed by atoms with Crippen molar-refractivity contribution < 1.29 is 23.8 Å². The number of aliphatic hydroxyl groups is 1. The van der Waals surface area contributed by atoms with Crippen LogP contribution in [0.1, 0.15) is 13.3 Å². The van der Waals surface area contributed by atoms with Crippen LogP contribution in [0, 0.1) is 5.82 Å². The summed E-state index contributed by atoms with van der Waals surface area (Å²) in [6.45, 7) is 3.47. The van der Waals surface area contributed by atoms with Gasteiger partial charge in [0.25, 0.3) is 0 Å². The second kappa shape index (κ2) is 11.1. The highest BCUT2D eigenvalue weighted by atomic mass is 19.1. The molecule has 0 saturated carbocycles. The van der Waals surface area contributed by atoms with Crippen molar-refractivity contribution in [3.05, 3.63) is 78.6 Å². The van der Waals surface area contributed by atoms with Crippen molar-refractivity contribution in [2.75, 3.05) is 31.6 Å². The molecule has 178 valence electrons. The average Bonchev–Trinajstić information content (AvgIpc) is 3.26. The first-order valence-electron chi connectivity index (χ1n) is 11.4. The number of carbonyl (C=O) groups excluding carboxylic acids is 1. The quantitative estimate of drug-likeness (QED) is 0.493. The molecule has 3 aromatic rings. The number of rotatable bonds is 9. The molecular weight excluding hydrogens is 435 g/mol. The molecule has 2 unspecified atom stereocenters. The Balaban J connectivity index is 1.31. The normalized spacial score (nSPS) is 16.7. The number of nitrogens with zero attached hydrogens (tertiary/aromatic N) is 1. The highest BCUT2D eigenvalue weighted by molar-refractivity contribution is 5.91. The van der Waals surface area contributed by atoms with Gasteiger partial charge in [-0.3, -0.25) is 9.69 Å². The van der Waals surface area contributed by atoms with E-state index in [1.165, 1.54) is 19.1 Å². The summed E-state index contributed by atoms with van der Waals surface area (Å²) in [6, 6.07) is 21.5. The molecule has 7 heteroatoms. The number of anilines is 1. The third-order valence-corrected chi connectivity index (χ3v) is 5.64. The van der Waals surface area contributed by atoms with Crippen molar-refractivity contribution in [1.29, 1.82) is 0 Å². The van der Waals surface area contributed by atoms with Crippen LogP contribution in [0.25, 0.3) is 11.1 Å². The van der Waals surface area contributed by atoms with Gasteiger partial charge in [-0.2, -0.15) is 0 Å². The lowest BCUT2D eigenvalue weighted by Crippen LogP contribution is -2.35. The van der Waals surface area contributed by atoms with Gasteiger partial charge >= 0.3 is 0 Å². The molecule has 1 fully saturated rings. The predicted molar refractivity (Wildman–Crippen MR) is 130 cm³/mol. The number of benzene rings is 3. The maximum absolute atomic E-state index is 13.1. The summed E-state index contributed by atoms with van der Waals surface area (Å²) in [6.07, 6.45) is 0.123. The van der Waals surface area contributed by atoms with E-state index in [0.717, 1.165) is 24.1 Å². The molecule has 2 N–H and O–H groups in total. The van der Waals surface area contributed by atoms with Gasteiger partial charge in [0.15, 0.2) is 0 Å². The van der Waals surface area contributed by atoms with E-state index in [9.17, 15) is 14.3 Å². The highest BCUT2D eigenvalue weighted by Gasteiger charge is 2.26. The summed E-state index contributed by atoms with van der Waals surface area (Å²) in [4.78, 5) is 13.8. The minimum Gasteiger partial charge on any atom is -0.489 e. The number of ether oxygens (including phenoxy) is 2. The Hall–Kier alpha value is -3.42. The van der Waals surface area contributed by atoms with Crippen molar-refractivity contribution >= 4 is 11.6 Å². The SMILES string of the molecule is CC(=O)Nc1cc(-c2ccccc2)ccc1OCC(O)CN1CCC(Oc2ccc(F)cc2)C1. The zero-order valence-corrected chi connectivity index (χ0v) is 19.1. The number of hydrogen-bond acceptors (Lipinski definition) is 5. The van der Waals surface area contributed by atoms with Gasteiger partial charge in [-0.05, 0) is 53.9 Å². The van der Waals surface area contributed by atoms with Crippen LogP contribution in [0.15, 0.2) is 72.8 Å². The molecule has 0 radical (unpaired) electrons. The molecule has 3 aromatic carbocycles. The summed E-state index contributed by atoms with van der Waals surface area (Å²) >= 11 is 0. The van der Waals surface area contributed by atoms with Gasteiger partial charge in [0.05, 0.1) is 5.69 Å². The standard InChI is InChI=1S/C27H29FN2O4/c1-19(31)29-26-15-21(20-5-3-2-4-6-20)7-12-27(26)33-18-23(32)16-30-14-13-25(17-30)34-24-10-8-22(28)9-11-24/h2-12,15,23,25,32H,13-14,16-18H2,1H3,(H,29,31). The van der Waals surface area contributed by atoms with Gasteiger partial charge in [-0.15, -0.1) is 0 Å². The summed E-state index contributed by atoms with van der Waals surface area (Å²) in [5.41, 5.74) is 2.56. The molecular formula is C27H29FN2O4. The summed E-state index contributed by atoms with van der Waals surface area (Å²) < 4.78 is 24.8. The van der Waals surface area contributed by atoms with Crippen molar-refractivity contribution in [2.45, 2.75) is 25.6 Å². The summed E-state index contributed by atoms with van der Waals surface area (Å²) in [5.74, 6) is 0.661. The van der Waals surface area contributed by atoms with Crippen molar-refractivity contribution in [3.8, 4) is 22.6 Å². The smallest absolute Gasteiger partial charge is 0.221 e. The van der Waals surface area contributed by atoms with Crippen molar-refractivity contribution in [2.24, 2.45) is 0 Å². The molecule has 1 heterocycles. The van der Waals surface area contributed by atoms with Gasteiger partial charge in [0.1, 0.15) is 36.1 Å². The van der Waals surface area contributed by atoms with Crippen molar-refractivity contribution in [1.82, 2.24) is 4.90 Å². The Kier molecular flexibility index (Phi) is 7.77. The van der Waals surface area contributed by atoms with Crippen LogP contribution in [0.3, 0.4) is 0 Å². The third-order valence-electron chi connectivity index (χ3n) is 5.64. The third kappa shape index (κ3) is 6.56. The first-order valence-corrected chi connectivity index (χ1v) is 11.4. The minimum absolute atomic E-state index is 0.00419. The van der Waals surface area contributed by atoms with E-state index in [0.29, 0.717) is 30.3 Å². The van der Waals surface area contributed by atoms with Gasteiger partial charge in [0, 0.05) is 26.6 Å². The number of hydrogen-bond donors (Lipinski definition) is 2. The monoisotopic (exact) mass is 464 g/mol.